The quantitative estimate of drug-likeness (QED) is 0.393. The third kappa shape index (κ3) is 7.66. The van der Waals surface area contributed by atoms with Crippen molar-refractivity contribution >= 4 is 11.8 Å². The van der Waals surface area contributed by atoms with Crippen molar-refractivity contribution < 1.29 is 18.7 Å². The Labute approximate surface area is 218 Å². The maximum Gasteiger partial charge on any atom is 0.261 e. The first-order valence-corrected chi connectivity index (χ1v) is 13.1. The summed E-state index contributed by atoms with van der Waals surface area (Å²) in [6.07, 6.45) is 5.65. The molecule has 3 aromatic rings. The van der Waals surface area contributed by atoms with E-state index in [-0.39, 0.29) is 36.8 Å². The first-order valence-electron chi connectivity index (χ1n) is 13.1. The Hall–Kier alpha value is -3.67. The lowest BCUT2D eigenvalue weighted by Crippen LogP contribution is -2.53. The summed E-state index contributed by atoms with van der Waals surface area (Å²) in [4.78, 5) is 29.0. The molecule has 37 heavy (non-hydrogen) atoms. The van der Waals surface area contributed by atoms with Gasteiger partial charge in [0.1, 0.15) is 6.04 Å². The minimum Gasteiger partial charge on any atom is -0.481 e. The summed E-state index contributed by atoms with van der Waals surface area (Å²) in [6, 6.07) is 23.0. The number of rotatable bonds is 10. The molecule has 2 amide bonds. The minimum absolute atomic E-state index is 0.0117. The molecule has 5 nitrogen and oxygen atoms in total. The highest BCUT2D eigenvalue weighted by molar-refractivity contribution is 5.88. The Kier molecular flexibility index (Phi) is 9.30. The van der Waals surface area contributed by atoms with Crippen LogP contribution in [-0.2, 0) is 22.6 Å². The second kappa shape index (κ2) is 13.0. The molecule has 1 aliphatic rings. The Morgan fingerprint density at radius 1 is 0.946 bits per heavy atom. The zero-order chi connectivity index (χ0) is 26.0. The van der Waals surface area contributed by atoms with Gasteiger partial charge in [0.05, 0.1) is 0 Å². The number of hydrogen-bond acceptors (Lipinski definition) is 3. The van der Waals surface area contributed by atoms with Crippen LogP contribution in [0.25, 0.3) is 0 Å². The zero-order valence-electron chi connectivity index (χ0n) is 21.4. The molecule has 0 spiro atoms. The van der Waals surface area contributed by atoms with E-state index in [9.17, 15) is 14.0 Å². The van der Waals surface area contributed by atoms with E-state index in [1.54, 1.807) is 17.0 Å². The topological polar surface area (TPSA) is 58.6 Å². The van der Waals surface area contributed by atoms with Gasteiger partial charge in [-0.15, -0.1) is 0 Å². The van der Waals surface area contributed by atoms with Crippen LogP contribution < -0.4 is 10.1 Å². The molecule has 1 unspecified atom stereocenters. The zero-order valence-corrected chi connectivity index (χ0v) is 21.4. The lowest BCUT2D eigenvalue weighted by molar-refractivity contribution is -0.143. The molecular formula is C31H35FN2O3. The van der Waals surface area contributed by atoms with E-state index in [1.807, 2.05) is 61.5 Å². The molecule has 1 N–H and O–H groups in total. The van der Waals surface area contributed by atoms with E-state index in [1.165, 1.54) is 18.6 Å². The number of hydrogen-bond donors (Lipinski definition) is 1. The smallest absolute Gasteiger partial charge is 0.261 e. The standard InChI is InChI=1S/C31H35FN2O3/c1-23-11-10-14-25(19-23)21-34(30(35)22-37-29-18-9-8-17-27(29)32)28(20-24-12-4-2-5-13-24)31(36)33-26-15-6-3-7-16-26/h2,4-5,8-14,17-19,26,28H,3,6-7,15-16,20-22H2,1H3,(H,33,36). The lowest BCUT2D eigenvalue weighted by atomic mass is 9.94. The third-order valence-electron chi connectivity index (χ3n) is 6.85. The number of ether oxygens (including phenoxy) is 1. The number of nitrogens with zero attached hydrogens (tertiary/aromatic N) is 1. The number of aryl methyl sites for hydroxylation is 1. The van der Waals surface area contributed by atoms with Gasteiger partial charge >= 0.3 is 0 Å². The van der Waals surface area contributed by atoms with E-state index >= 15 is 0 Å². The second-order valence-electron chi connectivity index (χ2n) is 9.78. The summed E-state index contributed by atoms with van der Waals surface area (Å²) < 4.78 is 19.7. The fourth-order valence-corrected chi connectivity index (χ4v) is 4.89. The van der Waals surface area contributed by atoms with Crippen LogP contribution in [0, 0.1) is 12.7 Å². The van der Waals surface area contributed by atoms with Gasteiger partial charge in [0.25, 0.3) is 5.91 Å². The summed E-state index contributed by atoms with van der Waals surface area (Å²) in [6.45, 7) is 1.87. The highest BCUT2D eigenvalue weighted by Gasteiger charge is 2.32. The molecule has 0 radical (unpaired) electrons. The SMILES string of the molecule is Cc1cccc(CN(C(=O)COc2ccccc2F)C(Cc2ccccc2)C(=O)NC2CCCCC2)c1. The average Bonchev–Trinajstić information content (AvgIpc) is 2.91. The largest absolute Gasteiger partial charge is 0.481 e. The first kappa shape index (κ1) is 26.4. The van der Waals surface area contributed by atoms with Crippen molar-refractivity contribution in [3.8, 4) is 5.75 Å². The fraction of sp³-hybridized carbons (Fsp3) is 0.355. The number of amides is 2. The number of benzene rings is 3. The number of carbonyl (C=O) groups is 2. The van der Waals surface area contributed by atoms with Crippen LogP contribution in [0.1, 0.15) is 48.8 Å². The molecule has 1 saturated carbocycles. The van der Waals surface area contributed by atoms with Crippen LogP contribution in [0.3, 0.4) is 0 Å². The van der Waals surface area contributed by atoms with Crippen LogP contribution >= 0.6 is 0 Å². The van der Waals surface area contributed by atoms with Gasteiger partial charge in [0.2, 0.25) is 5.91 Å². The third-order valence-corrected chi connectivity index (χ3v) is 6.85. The molecule has 1 fully saturated rings. The van der Waals surface area contributed by atoms with E-state index in [0.717, 1.165) is 42.4 Å². The van der Waals surface area contributed by atoms with Gasteiger partial charge in [0.15, 0.2) is 18.2 Å². The monoisotopic (exact) mass is 502 g/mol. The lowest BCUT2D eigenvalue weighted by Gasteiger charge is -2.33. The van der Waals surface area contributed by atoms with E-state index < -0.39 is 11.9 Å². The van der Waals surface area contributed by atoms with Crippen molar-refractivity contribution in [2.45, 2.75) is 64.1 Å². The van der Waals surface area contributed by atoms with E-state index in [4.69, 9.17) is 4.74 Å². The molecule has 0 bridgehead atoms. The molecule has 0 saturated heterocycles. The molecule has 1 atom stereocenters. The average molecular weight is 503 g/mol. The van der Waals surface area contributed by atoms with Gasteiger partial charge in [-0.25, -0.2) is 4.39 Å². The highest BCUT2D eigenvalue weighted by atomic mass is 19.1. The molecule has 0 aliphatic heterocycles. The molecule has 0 heterocycles. The Morgan fingerprint density at radius 2 is 1.65 bits per heavy atom. The van der Waals surface area contributed by atoms with Crippen molar-refractivity contribution in [1.29, 1.82) is 0 Å². The summed E-state index contributed by atoms with van der Waals surface area (Å²) in [7, 11) is 0. The first-order chi connectivity index (χ1) is 18.0. The molecule has 6 heteroatoms. The number of carbonyl (C=O) groups excluding carboxylic acids is 2. The molecule has 194 valence electrons. The van der Waals surface area contributed by atoms with Crippen molar-refractivity contribution in [2.24, 2.45) is 0 Å². The molecule has 0 aromatic heterocycles. The predicted octanol–water partition coefficient (Wildman–Crippen LogP) is 5.60. The van der Waals surface area contributed by atoms with Crippen molar-refractivity contribution in [3.05, 3.63) is 101 Å². The Balaban J connectivity index is 1.62. The summed E-state index contributed by atoms with van der Waals surface area (Å²) >= 11 is 0. The van der Waals surface area contributed by atoms with Gasteiger partial charge in [-0.2, -0.15) is 0 Å². The van der Waals surface area contributed by atoms with Crippen LogP contribution in [0.2, 0.25) is 0 Å². The Morgan fingerprint density at radius 3 is 2.38 bits per heavy atom. The Bertz CT molecular complexity index is 1180. The van der Waals surface area contributed by atoms with Crippen molar-refractivity contribution in [1.82, 2.24) is 10.2 Å². The molecular weight excluding hydrogens is 467 g/mol. The van der Waals surface area contributed by atoms with Crippen LogP contribution in [0.5, 0.6) is 5.75 Å². The van der Waals surface area contributed by atoms with Crippen molar-refractivity contribution in [3.63, 3.8) is 0 Å². The molecule has 4 rings (SSSR count). The van der Waals surface area contributed by atoms with Gasteiger partial charge in [0, 0.05) is 19.0 Å². The predicted molar refractivity (Wildman–Crippen MR) is 143 cm³/mol. The van der Waals surface area contributed by atoms with Gasteiger partial charge in [-0.1, -0.05) is 91.6 Å². The van der Waals surface area contributed by atoms with E-state index in [0.29, 0.717) is 6.42 Å². The minimum atomic E-state index is -0.735. The van der Waals surface area contributed by atoms with Crippen LogP contribution in [0.4, 0.5) is 4.39 Å². The molecule has 1 aliphatic carbocycles. The van der Waals surface area contributed by atoms with Crippen LogP contribution in [0.15, 0.2) is 78.9 Å². The van der Waals surface area contributed by atoms with Gasteiger partial charge in [-0.05, 0) is 43.0 Å². The number of halogens is 1. The normalized spacial score (nSPS) is 14.5. The second-order valence-corrected chi connectivity index (χ2v) is 9.78. The van der Waals surface area contributed by atoms with Gasteiger partial charge < -0.3 is 15.0 Å². The van der Waals surface area contributed by atoms with Gasteiger partial charge in [-0.3, -0.25) is 9.59 Å². The highest BCUT2D eigenvalue weighted by Crippen LogP contribution is 2.21. The maximum absolute atomic E-state index is 14.2. The fourth-order valence-electron chi connectivity index (χ4n) is 4.89. The maximum atomic E-state index is 14.2. The summed E-state index contributed by atoms with van der Waals surface area (Å²) in [5, 5.41) is 3.22. The summed E-state index contributed by atoms with van der Waals surface area (Å²) in [5.41, 5.74) is 2.95. The van der Waals surface area contributed by atoms with E-state index in [2.05, 4.69) is 5.32 Å². The summed E-state index contributed by atoms with van der Waals surface area (Å²) in [5.74, 6) is -1.05. The molecule has 3 aromatic carbocycles. The number of nitrogens with one attached hydrogen (secondary N) is 1. The van der Waals surface area contributed by atoms with Crippen LogP contribution in [-0.4, -0.2) is 35.4 Å². The van der Waals surface area contributed by atoms with Crippen molar-refractivity contribution in [2.75, 3.05) is 6.61 Å². The number of para-hydroxylation sites is 1.